The summed E-state index contributed by atoms with van der Waals surface area (Å²) in [5.74, 6) is 0.335. The molecule has 4 aromatic heterocycles. The molecule has 18 nitrogen and oxygen atoms in total. The second kappa shape index (κ2) is 17.9. The normalized spacial score (nSPS) is 25.8. The van der Waals surface area contributed by atoms with Crippen LogP contribution in [0.1, 0.15) is 54.0 Å². The van der Waals surface area contributed by atoms with Gasteiger partial charge >= 0.3 is 0 Å². The van der Waals surface area contributed by atoms with Crippen molar-refractivity contribution in [2.75, 3.05) is 24.7 Å². The average Bonchev–Trinajstić information content (AvgIpc) is 3.88. The molecule has 0 spiro atoms. The molecule has 0 saturated carbocycles. The Hall–Kier alpha value is -2.39. The quantitative estimate of drug-likeness (QED) is 0.0848. The van der Waals surface area contributed by atoms with Crippen molar-refractivity contribution < 1.29 is 38.1 Å². The largest absolute Gasteiger partial charge is 0.414 e. The van der Waals surface area contributed by atoms with Gasteiger partial charge in [-0.3, -0.25) is 9.13 Å². The number of aliphatic hydroxyl groups is 3. The zero-order chi connectivity index (χ0) is 43.2. The summed E-state index contributed by atoms with van der Waals surface area (Å²) in [6.45, 7) is 26.9. The fourth-order valence-electron chi connectivity index (χ4n) is 6.07. The van der Waals surface area contributed by atoms with E-state index in [2.05, 4.69) is 111 Å². The van der Waals surface area contributed by atoms with E-state index in [1.54, 1.807) is 6.33 Å². The van der Waals surface area contributed by atoms with Crippen LogP contribution >= 0.6 is 23.2 Å². The molecule has 0 aliphatic carbocycles. The van der Waals surface area contributed by atoms with Crippen molar-refractivity contribution in [3.05, 3.63) is 23.2 Å². The monoisotopic (exact) mass is 902 g/mol. The Balaban J connectivity index is 0.000000266. The number of hydrogen-bond donors (Lipinski definition) is 5. The number of aliphatic hydroxyl groups excluding tert-OH is 3. The number of nitrogens with two attached hydrogens (primary N) is 2. The van der Waals surface area contributed by atoms with Crippen molar-refractivity contribution in [2.24, 2.45) is 0 Å². The molecule has 4 aromatic rings. The maximum Gasteiger partial charge on any atom is 0.226 e. The predicted octanol–water partition coefficient (Wildman–Crippen LogP) is 5.27. The first kappa shape index (κ1) is 46.7. The van der Waals surface area contributed by atoms with E-state index in [1.807, 2.05) is 4.57 Å². The van der Waals surface area contributed by atoms with Crippen LogP contribution in [0.4, 0.5) is 11.6 Å². The fraction of sp³-hybridized carbons (Fsp3) is 0.714. The first-order chi connectivity index (χ1) is 26.9. The van der Waals surface area contributed by atoms with Gasteiger partial charge in [-0.2, -0.15) is 19.9 Å². The molecule has 58 heavy (non-hydrogen) atoms. The van der Waals surface area contributed by atoms with Crippen molar-refractivity contribution in [3.63, 3.8) is 0 Å². The van der Waals surface area contributed by atoms with E-state index in [-0.39, 0.29) is 46.2 Å². The first-order valence-corrected chi connectivity index (χ1v) is 29.2. The Morgan fingerprint density at radius 2 is 1.10 bits per heavy atom. The molecule has 0 bridgehead atoms. The summed E-state index contributed by atoms with van der Waals surface area (Å²) in [7, 11) is -6.15. The lowest BCUT2D eigenvalue weighted by atomic mass is 10.1. The minimum Gasteiger partial charge on any atom is -0.414 e. The van der Waals surface area contributed by atoms with Crippen molar-refractivity contribution in [2.45, 2.75) is 147 Å². The number of hydrogen-bond acceptors (Lipinski definition) is 16. The highest BCUT2D eigenvalue weighted by Crippen LogP contribution is 2.42. The summed E-state index contributed by atoms with van der Waals surface area (Å²) in [5, 5.41) is 28.8. The van der Waals surface area contributed by atoms with Crippen LogP contribution in [0.25, 0.3) is 22.3 Å². The van der Waals surface area contributed by atoms with Crippen molar-refractivity contribution in [3.8, 4) is 0 Å². The maximum atomic E-state index is 9.99. The highest BCUT2D eigenvalue weighted by Gasteiger charge is 2.53. The minimum absolute atomic E-state index is 0.0646. The van der Waals surface area contributed by atoms with Crippen LogP contribution < -0.4 is 11.5 Å². The van der Waals surface area contributed by atoms with E-state index < -0.39 is 62.3 Å². The minimum atomic E-state index is -2.13. The van der Waals surface area contributed by atoms with Crippen LogP contribution in [0.5, 0.6) is 0 Å². The van der Waals surface area contributed by atoms with Crippen LogP contribution in [-0.4, -0.2) is 129 Å². The summed E-state index contributed by atoms with van der Waals surface area (Å²) in [5.41, 5.74) is 14.7. The highest BCUT2D eigenvalue weighted by molar-refractivity contribution is 6.73. The Morgan fingerprint density at radius 3 is 1.53 bits per heavy atom. The molecule has 0 amide bonds. The third-order valence-electron chi connectivity index (χ3n) is 11.9. The lowest BCUT2D eigenvalue weighted by Crippen LogP contribution is -2.51. The molecule has 7 N–H and O–H groups in total. The molecule has 0 unspecified atom stereocenters. The van der Waals surface area contributed by atoms with E-state index >= 15 is 0 Å². The number of nitrogens with zero attached hydrogens (tertiary/aromatic N) is 8. The third kappa shape index (κ3) is 9.71. The van der Waals surface area contributed by atoms with Crippen molar-refractivity contribution in [1.29, 1.82) is 0 Å². The van der Waals surface area contributed by atoms with Gasteiger partial charge in [0.25, 0.3) is 0 Å². The van der Waals surface area contributed by atoms with Gasteiger partial charge in [-0.1, -0.05) is 41.5 Å². The van der Waals surface area contributed by atoms with E-state index in [9.17, 15) is 10.2 Å². The van der Waals surface area contributed by atoms with E-state index in [4.69, 9.17) is 62.5 Å². The van der Waals surface area contributed by atoms with Crippen LogP contribution in [-0.2, 0) is 22.8 Å². The summed E-state index contributed by atoms with van der Waals surface area (Å²) >= 11 is 12.0. The van der Waals surface area contributed by atoms with Gasteiger partial charge in [0.05, 0.1) is 25.9 Å². The van der Waals surface area contributed by atoms with Crippen LogP contribution in [0.15, 0.2) is 12.7 Å². The van der Waals surface area contributed by atoms with Gasteiger partial charge in [-0.05, 0) is 79.1 Å². The van der Waals surface area contributed by atoms with Gasteiger partial charge in [-0.25, -0.2) is 9.97 Å². The average molecular weight is 904 g/mol. The summed E-state index contributed by atoms with van der Waals surface area (Å²) in [6, 6.07) is 0. The lowest BCUT2D eigenvalue weighted by Gasteiger charge is -2.39. The summed E-state index contributed by atoms with van der Waals surface area (Å²) in [6.07, 6.45) is -2.77. The van der Waals surface area contributed by atoms with Gasteiger partial charge in [0.15, 0.2) is 60.3 Å². The van der Waals surface area contributed by atoms with Gasteiger partial charge in [0, 0.05) is 0 Å². The van der Waals surface area contributed by atoms with Crippen molar-refractivity contribution >= 4 is 82.1 Å². The van der Waals surface area contributed by atoms with Crippen LogP contribution in [0.2, 0.25) is 66.5 Å². The zero-order valence-electron chi connectivity index (χ0n) is 35.3. The molecule has 324 valence electrons. The summed E-state index contributed by atoms with van der Waals surface area (Å²) in [4.78, 5) is 24.8. The number of aromatic nitrogens is 8. The second-order valence-electron chi connectivity index (χ2n) is 17.4. The summed E-state index contributed by atoms with van der Waals surface area (Å²) < 4.78 is 36.2. The Morgan fingerprint density at radius 1 is 0.672 bits per heavy atom. The molecule has 2 aliphatic rings. The van der Waals surface area contributed by atoms with E-state index in [0.717, 1.165) is 0 Å². The van der Waals surface area contributed by atoms with Crippen LogP contribution in [0, 0.1) is 0 Å². The SMILES string of the molecule is CC(C)[Si](C)(C)OC[C@H]1O[C@@H](n2cnc3c(N)nc(Cl)nc32)[C@H](O[Si](C)(C)C(C)C)[C@@H]1O[Si](C)(C)C(C)C.Nc1nc(Cl)nc2c1ncn2[C@@H]1O[C@H](CO)[C@@H](O)[C@H]1O. The van der Waals surface area contributed by atoms with Gasteiger partial charge in [-0.15, -0.1) is 0 Å². The topological polar surface area (TPSA) is 246 Å². The van der Waals surface area contributed by atoms with Crippen molar-refractivity contribution in [1.82, 2.24) is 39.0 Å². The molecule has 23 heteroatoms. The molecule has 6 rings (SSSR count). The number of nitrogen functional groups attached to an aromatic ring is 2. The van der Waals surface area contributed by atoms with E-state index in [0.29, 0.717) is 39.9 Å². The second-order valence-corrected chi connectivity index (χ2v) is 32.0. The zero-order valence-corrected chi connectivity index (χ0v) is 39.8. The number of halogens is 2. The smallest absolute Gasteiger partial charge is 0.226 e. The maximum absolute atomic E-state index is 9.99. The third-order valence-corrected chi connectivity index (χ3v) is 23.2. The number of rotatable bonds is 13. The number of imidazole rings is 2. The molecule has 2 fully saturated rings. The fourth-order valence-corrected chi connectivity index (χ4v) is 9.83. The molecular weight excluding hydrogens is 844 g/mol. The molecule has 6 heterocycles. The standard InChI is InChI=1S/C25H48ClN5O4Si3.C10H12ClN5O4/c1-15(2)36(7,8)32-13-18-20(34-37(9,10)16(3)4)21(35-38(11,12)17(5)6)24(33-18)31-14-28-19-22(27)29-25(26)30-23(19)31;11-10-14-7(12)4-8(15-10)16(2-13-4)9-6(19)5(18)3(1-17)20-9/h14-18,20-21,24H,13H2,1-12H3,(H2,27,29,30);2-3,5-6,9,17-19H,1H2,(H2,12,14,15)/t18-,20-,21-,24-;3-,5-,6-,9-/m11/s1. The van der Waals surface area contributed by atoms with Gasteiger partial charge in [0.1, 0.15) is 47.7 Å². The highest BCUT2D eigenvalue weighted by atomic mass is 35.5. The van der Waals surface area contributed by atoms with Crippen LogP contribution in [0.3, 0.4) is 0 Å². The number of ether oxygens (including phenoxy) is 2. The lowest BCUT2D eigenvalue weighted by molar-refractivity contribution is -0.0511. The Labute approximate surface area is 352 Å². The molecule has 0 aromatic carbocycles. The van der Waals surface area contributed by atoms with Gasteiger partial charge in [0.2, 0.25) is 10.6 Å². The van der Waals surface area contributed by atoms with E-state index in [1.165, 1.54) is 10.9 Å². The Bertz CT molecular complexity index is 2040. The molecule has 2 saturated heterocycles. The molecule has 8 atom stereocenters. The molecular formula is C35H60Cl2N10O8Si3. The first-order valence-electron chi connectivity index (χ1n) is 19.5. The predicted molar refractivity (Wildman–Crippen MR) is 230 cm³/mol. The molecule has 2 aliphatic heterocycles. The number of fused-ring (bicyclic) bond motifs is 2. The number of anilines is 2. The molecule has 0 radical (unpaired) electrons. The van der Waals surface area contributed by atoms with Gasteiger partial charge < -0.3 is 49.5 Å². The Kier molecular flexibility index (Phi) is 14.4.